The highest BCUT2D eigenvalue weighted by Gasteiger charge is 2.18. The Bertz CT molecular complexity index is 475. The number of anilines is 1. The lowest BCUT2D eigenvalue weighted by Crippen LogP contribution is -2.33. The average Bonchev–Trinajstić information content (AvgIpc) is 2.25. The van der Waals surface area contributed by atoms with Crippen molar-refractivity contribution in [3.8, 4) is 0 Å². The van der Waals surface area contributed by atoms with Crippen molar-refractivity contribution in [3.63, 3.8) is 0 Å². The van der Waals surface area contributed by atoms with E-state index in [0.717, 1.165) is 22.9 Å². The summed E-state index contributed by atoms with van der Waals surface area (Å²) in [5, 5.41) is 0. The van der Waals surface area contributed by atoms with Crippen molar-refractivity contribution >= 4 is 27.7 Å². The van der Waals surface area contributed by atoms with Crippen LogP contribution in [-0.2, 0) is 10.2 Å². The second kappa shape index (κ2) is 4.63. The quantitative estimate of drug-likeness (QED) is 0.779. The first-order chi connectivity index (χ1) is 7.56. The van der Waals surface area contributed by atoms with Gasteiger partial charge in [0.15, 0.2) is 0 Å². The Kier molecular flexibility index (Phi) is 3.39. The Hall–Kier alpha value is -0.750. The van der Waals surface area contributed by atoms with Gasteiger partial charge in [-0.05, 0) is 12.1 Å². The molecular weight excluding hydrogens is 249 g/mol. The highest BCUT2D eigenvalue weighted by atomic mass is 32.3. The minimum absolute atomic E-state index is 0.219. The molecule has 0 saturated heterocycles. The van der Waals surface area contributed by atoms with E-state index in [9.17, 15) is 12.3 Å². The van der Waals surface area contributed by atoms with Crippen LogP contribution in [0.15, 0.2) is 29.2 Å². The van der Waals surface area contributed by atoms with Gasteiger partial charge in [0.25, 0.3) is 0 Å². The van der Waals surface area contributed by atoms with Gasteiger partial charge in [-0.25, -0.2) is 0 Å². The molecule has 0 atom stereocenters. The van der Waals surface area contributed by atoms with E-state index in [4.69, 9.17) is 0 Å². The van der Waals surface area contributed by atoms with Crippen LogP contribution in [0.3, 0.4) is 0 Å². The molecule has 1 aliphatic rings. The van der Waals surface area contributed by atoms with E-state index in [-0.39, 0.29) is 6.54 Å². The molecule has 0 fully saturated rings. The van der Waals surface area contributed by atoms with Crippen molar-refractivity contribution in [3.05, 3.63) is 24.3 Å². The predicted octanol–water partition coefficient (Wildman–Crippen LogP) is 1.90. The van der Waals surface area contributed by atoms with Crippen LogP contribution in [0.5, 0.6) is 0 Å². The number of halogens is 1. The van der Waals surface area contributed by atoms with Crippen molar-refractivity contribution in [1.82, 2.24) is 0 Å². The number of nitrogens with zero attached hydrogens (tertiary/aromatic N) is 1. The Labute approximate surface area is 98.9 Å². The average molecular weight is 261 g/mol. The molecule has 6 heteroatoms. The molecule has 0 N–H and O–H groups in total. The predicted molar refractivity (Wildman–Crippen MR) is 64.3 cm³/mol. The summed E-state index contributed by atoms with van der Waals surface area (Å²) in [6.45, 7) is 0.980. The van der Waals surface area contributed by atoms with E-state index in [1.165, 1.54) is 0 Å². The molecule has 3 nitrogen and oxygen atoms in total. The minimum Gasteiger partial charge on any atom is -0.369 e. The highest BCUT2D eigenvalue weighted by molar-refractivity contribution is 7.99. The summed E-state index contributed by atoms with van der Waals surface area (Å²) in [5.74, 6) is 0.468. The van der Waals surface area contributed by atoms with Crippen LogP contribution in [0.4, 0.5) is 9.57 Å². The maximum absolute atomic E-state index is 12.5. The summed E-state index contributed by atoms with van der Waals surface area (Å²) in [7, 11) is -4.37. The van der Waals surface area contributed by atoms with E-state index >= 15 is 0 Å². The largest absolute Gasteiger partial charge is 0.369 e. The number of para-hydroxylation sites is 1. The van der Waals surface area contributed by atoms with Crippen LogP contribution in [0.1, 0.15) is 0 Å². The van der Waals surface area contributed by atoms with Gasteiger partial charge in [-0.1, -0.05) is 12.1 Å². The van der Waals surface area contributed by atoms with Crippen molar-refractivity contribution in [2.24, 2.45) is 0 Å². The zero-order chi connectivity index (χ0) is 11.6. The normalized spacial score (nSPS) is 15.9. The number of benzene rings is 1. The summed E-state index contributed by atoms with van der Waals surface area (Å²) in [6.07, 6.45) is 0. The van der Waals surface area contributed by atoms with E-state index in [2.05, 4.69) is 0 Å². The topological polar surface area (TPSA) is 37.4 Å². The molecule has 1 aromatic carbocycles. The van der Waals surface area contributed by atoms with E-state index in [1.54, 1.807) is 11.8 Å². The zero-order valence-electron chi connectivity index (χ0n) is 8.60. The lowest BCUT2D eigenvalue weighted by Gasteiger charge is -2.30. The van der Waals surface area contributed by atoms with Gasteiger partial charge >= 0.3 is 10.2 Å². The molecule has 0 spiro atoms. The number of rotatable bonds is 3. The molecule has 0 bridgehead atoms. The van der Waals surface area contributed by atoms with Gasteiger partial charge in [0.1, 0.15) is 0 Å². The molecule has 88 valence electrons. The molecule has 0 aliphatic carbocycles. The number of hydrogen-bond acceptors (Lipinski definition) is 4. The van der Waals surface area contributed by atoms with Crippen LogP contribution < -0.4 is 4.90 Å². The monoisotopic (exact) mass is 261 g/mol. The molecule has 0 saturated carbocycles. The minimum atomic E-state index is -4.37. The lowest BCUT2D eigenvalue weighted by molar-refractivity contribution is 0.551. The second-order valence-electron chi connectivity index (χ2n) is 3.55. The molecule has 0 aromatic heterocycles. The van der Waals surface area contributed by atoms with Gasteiger partial charge in [0.2, 0.25) is 0 Å². The Morgan fingerprint density at radius 2 is 2.12 bits per heavy atom. The molecule has 0 radical (unpaired) electrons. The van der Waals surface area contributed by atoms with Gasteiger partial charge in [-0.3, -0.25) is 0 Å². The third-order valence-electron chi connectivity index (χ3n) is 2.43. The van der Waals surface area contributed by atoms with Crippen LogP contribution in [-0.4, -0.2) is 33.0 Å². The van der Waals surface area contributed by atoms with E-state index in [1.807, 2.05) is 29.2 Å². The van der Waals surface area contributed by atoms with Crippen molar-refractivity contribution in [1.29, 1.82) is 0 Å². The zero-order valence-corrected chi connectivity index (χ0v) is 10.2. The van der Waals surface area contributed by atoms with Crippen molar-refractivity contribution in [2.75, 3.05) is 29.5 Å². The fraction of sp³-hybridized carbons (Fsp3) is 0.400. The number of thioether (sulfide) groups is 1. The number of fused-ring (bicyclic) bond motifs is 1. The molecule has 16 heavy (non-hydrogen) atoms. The molecular formula is C10H12FNO2S2. The Morgan fingerprint density at radius 1 is 1.38 bits per heavy atom. The molecule has 0 amide bonds. The van der Waals surface area contributed by atoms with E-state index < -0.39 is 16.0 Å². The Morgan fingerprint density at radius 3 is 2.88 bits per heavy atom. The Balaban J connectivity index is 2.13. The van der Waals surface area contributed by atoms with Gasteiger partial charge in [0, 0.05) is 23.7 Å². The van der Waals surface area contributed by atoms with Crippen LogP contribution >= 0.6 is 11.8 Å². The summed E-state index contributed by atoms with van der Waals surface area (Å²) in [5.41, 5.74) is 1.00. The van der Waals surface area contributed by atoms with Crippen LogP contribution in [0, 0.1) is 0 Å². The summed E-state index contributed by atoms with van der Waals surface area (Å²) in [4.78, 5) is 3.05. The SMILES string of the molecule is O=S(=O)(F)CCN1CCSc2ccccc21. The molecule has 1 aliphatic heterocycles. The standard InChI is InChI=1S/C10H12FNO2S2/c11-16(13,14)8-6-12-5-7-15-10-4-2-1-3-9(10)12/h1-4H,5-8H2. The van der Waals surface area contributed by atoms with Gasteiger partial charge < -0.3 is 4.90 Å². The van der Waals surface area contributed by atoms with Gasteiger partial charge in [0.05, 0.1) is 11.4 Å². The van der Waals surface area contributed by atoms with Crippen LogP contribution in [0.25, 0.3) is 0 Å². The molecule has 0 unspecified atom stereocenters. The van der Waals surface area contributed by atoms with Crippen molar-refractivity contribution < 1.29 is 12.3 Å². The van der Waals surface area contributed by atoms with Gasteiger partial charge in [-0.15, -0.1) is 15.6 Å². The van der Waals surface area contributed by atoms with Crippen LogP contribution in [0.2, 0.25) is 0 Å². The lowest BCUT2D eigenvalue weighted by atomic mass is 10.3. The molecule has 1 aromatic rings. The first-order valence-corrected chi connectivity index (χ1v) is 7.49. The first kappa shape index (κ1) is 11.7. The smallest absolute Gasteiger partial charge is 0.304 e. The van der Waals surface area contributed by atoms with Crippen molar-refractivity contribution in [2.45, 2.75) is 4.90 Å². The fourth-order valence-corrected chi connectivity index (χ4v) is 3.17. The summed E-state index contributed by atoms with van der Waals surface area (Å²) < 4.78 is 33.4. The highest BCUT2D eigenvalue weighted by Crippen LogP contribution is 2.33. The molecule has 2 rings (SSSR count). The molecule has 1 heterocycles. The second-order valence-corrected chi connectivity index (χ2v) is 6.17. The first-order valence-electron chi connectivity index (χ1n) is 4.95. The maximum Gasteiger partial charge on any atom is 0.304 e. The summed E-state index contributed by atoms with van der Waals surface area (Å²) >= 11 is 1.74. The number of hydrogen-bond donors (Lipinski definition) is 0. The fourth-order valence-electron chi connectivity index (χ4n) is 1.68. The third kappa shape index (κ3) is 2.89. The maximum atomic E-state index is 12.5. The van der Waals surface area contributed by atoms with Gasteiger partial charge in [-0.2, -0.15) is 8.42 Å². The summed E-state index contributed by atoms with van der Waals surface area (Å²) in [6, 6.07) is 7.78. The van der Waals surface area contributed by atoms with E-state index in [0.29, 0.717) is 0 Å². The third-order valence-corrected chi connectivity index (χ3v) is 4.14.